The molecule has 1 aromatic carbocycles. The number of hydrogen-bond acceptors (Lipinski definition) is 3. The Balaban J connectivity index is 1.71. The van der Waals surface area contributed by atoms with E-state index in [2.05, 4.69) is 33.4 Å². The number of nitrogens with zero attached hydrogens (tertiary/aromatic N) is 2. The van der Waals surface area contributed by atoms with Crippen LogP contribution in [0.3, 0.4) is 0 Å². The number of benzene rings is 1. The monoisotopic (exact) mass is 273 g/mol. The van der Waals surface area contributed by atoms with Crippen LogP contribution in [0.25, 0.3) is 0 Å². The lowest BCUT2D eigenvalue weighted by Gasteiger charge is -2.14. The summed E-state index contributed by atoms with van der Waals surface area (Å²) in [5, 5.41) is 3.92. The van der Waals surface area contributed by atoms with Crippen molar-refractivity contribution in [2.75, 3.05) is 12.4 Å². The standard InChI is InChI=1S/C15H16ClN3/c1-17-14-6-12-9-19(10-15(12)18-7-14)8-11-2-4-13(16)5-3-11/h2-7,17H,8-10H2,1H3. The van der Waals surface area contributed by atoms with Gasteiger partial charge in [-0.15, -0.1) is 0 Å². The SMILES string of the molecule is CNc1cnc2c(c1)CN(Cc1ccc(Cl)cc1)C2. The molecule has 2 aromatic rings. The van der Waals surface area contributed by atoms with Crippen LogP contribution in [0.15, 0.2) is 36.5 Å². The van der Waals surface area contributed by atoms with Crippen LogP contribution in [0.5, 0.6) is 0 Å². The quantitative estimate of drug-likeness (QED) is 0.930. The first-order valence-electron chi connectivity index (χ1n) is 6.37. The minimum absolute atomic E-state index is 0.786. The highest BCUT2D eigenvalue weighted by Crippen LogP contribution is 2.25. The molecule has 3 nitrogen and oxygen atoms in total. The van der Waals surface area contributed by atoms with Crippen molar-refractivity contribution in [1.29, 1.82) is 0 Å². The summed E-state index contributed by atoms with van der Waals surface area (Å²) in [7, 11) is 1.92. The molecule has 0 saturated heterocycles. The Bertz CT molecular complexity index is 580. The molecular weight excluding hydrogens is 258 g/mol. The van der Waals surface area contributed by atoms with Gasteiger partial charge in [-0.25, -0.2) is 0 Å². The number of hydrogen-bond donors (Lipinski definition) is 1. The number of pyridine rings is 1. The topological polar surface area (TPSA) is 28.2 Å². The van der Waals surface area contributed by atoms with E-state index >= 15 is 0 Å². The summed E-state index contributed by atoms with van der Waals surface area (Å²) in [4.78, 5) is 6.90. The molecule has 0 unspecified atom stereocenters. The van der Waals surface area contributed by atoms with Crippen LogP contribution >= 0.6 is 11.6 Å². The fourth-order valence-electron chi connectivity index (χ4n) is 2.42. The molecular formula is C15H16ClN3. The number of nitrogens with one attached hydrogen (secondary N) is 1. The zero-order chi connectivity index (χ0) is 13.2. The Morgan fingerprint density at radius 3 is 2.79 bits per heavy atom. The maximum atomic E-state index is 5.90. The molecule has 0 aliphatic carbocycles. The molecule has 2 heterocycles. The largest absolute Gasteiger partial charge is 0.387 e. The molecule has 3 rings (SSSR count). The lowest BCUT2D eigenvalue weighted by atomic mass is 10.2. The Morgan fingerprint density at radius 1 is 1.26 bits per heavy atom. The van der Waals surface area contributed by atoms with Gasteiger partial charge in [-0.2, -0.15) is 0 Å². The molecule has 1 aliphatic heterocycles. The zero-order valence-electron chi connectivity index (χ0n) is 10.9. The van der Waals surface area contributed by atoms with Crippen molar-refractivity contribution in [2.24, 2.45) is 0 Å². The Morgan fingerprint density at radius 2 is 2.05 bits per heavy atom. The van der Waals surface area contributed by atoms with E-state index in [1.807, 2.05) is 25.4 Å². The lowest BCUT2D eigenvalue weighted by Crippen LogP contribution is -2.15. The molecule has 4 heteroatoms. The zero-order valence-corrected chi connectivity index (χ0v) is 11.6. The maximum Gasteiger partial charge on any atom is 0.0590 e. The van der Waals surface area contributed by atoms with Gasteiger partial charge in [-0.1, -0.05) is 23.7 Å². The second-order valence-electron chi connectivity index (χ2n) is 4.85. The molecule has 0 bridgehead atoms. The summed E-state index contributed by atoms with van der Waals surface area (Å²) in [6, 6.07) is 10.2. The normalized spacial score (nSPS) is 14.4. The highest BCUT2D eigenvalue weighted by atomic mass is 35.5. The van der Waals surface area contributed by atoms with Gasteiger partial charge in [-0.05, 0) is 29.3 Å². The molecule has 0 amide bonds. The molecule has 0 radical (unpaired) electrons. The summed E-state index contributed by atoms with van der Waals surface area (Å²) in [5.41, 5.74) is 4.87. The van der Waals surface area contributed by atoms with Gasteiger partial charge in [0.1, 0.15) is 0 Å². The van der Waals surface area contributed by atoms with Crippen molar-refractivity contribution in [3.8, 4) is 0 Å². The Labute approximate surface area is 118 Å². The fraction of sp³-hybridized carbons (Fsp3) is 0.267. The molecule has 1 aliphatic rings. The predicted molar refractivity (Wildman–Crippen MR) is 78.2 cm³/mol. The van der Waals surface area contributed by atoms with Gasteiger partial charge >= 0.3 is 0 Å². The Hall–Kier alpha value is -1.58. The minimum Gasteiger partial charge on any atom is -0.387 e. The minimum atomic E-state index is 0.786. The maximum absolute atomic E-state index is 5.90. The second-order valence-corrected chi connectivity index (χ2v) is 5.29. The second kappa shape index (κ2) is 5.19. The van der Waals surface area contributed by atoms with Gasteiger partial charge in [0.2, 0.25) is 0 Å². The third-order valence-electron chi connectivity index (χ3n) is 3.44. The summed E-state index contributed by atoms with van der Waals surface area (Å²) in [6.07, 6.45) is 1.89. The van der Waals surface area contributed by atoms with E-state index in [0.717, 1.165) is 30.3 Å². The average molecular weight is 274 g/mol. The summed E-state index contributed by atoms with van der Waals surface area (Å²) in [6.45, 7) is 2.81. The lowest BCUT2D eigenvalue weighted by molar-refractivity contribution is 0.274. The van der Waals surface area contributed by atoms with E-state index in [-0.39, 0.29) is 0 Å². The van der Waals surface area contributed by atoms with Crippen LogP contribution in [-0.2, 0) is 19.6 Å². The van der Waals surface area contributed by atoms with Gasteiger partial charge < -0.3 is 5.32 Å². The molecule has 1 aromatic heterocycles. The Kier molecular flexibility index (Phi) is 3.40. The highest BCUT2D eigenvalue weighted by molar-refractivity contribution is 6.30. The third kappa shape index (κ3) is 2.72. The smallest absolute Gasteiger partial charge is 0.0590 e. The van der Waals surface area contributed by atoms with Gasteiger partial charge in [-0.3, -0.25) is 9.88 Å². The van der Waals surface area contributed by atoms with Gasteiger partial charge in [0.25, 0.3) is 0 Å². The van der Waals surface area contributed by atoms with E-state index in [4.69, 9.17) is 11.6 Å². The van der Waals surface area contributed by atoms with Crippen molar-refractivity contribution in [3.63, 3.8) is 0 Å². The first-order valence-corrected chi connectivity index (χ1v) is 6.75. The molecule has 0 fully saturated rings. The van der Waals surface area contributed by atoms with Gasteiger partial charge in [0.15, 0.2) is 0 Å². The summed E-state index contributed by atoms with van der Waals surface area (Å²) >= 11 is 5.90. The van der Waals surface area contributed by atoms with E-state index in [1.165, 1.54) is 16.8 Å². The fourth-order valence-corrected chi connectivity index (χ4v) is 2.55. The van der Waals surface area contributed by atoms with Crippen LogP contribution in [0, 0.1) is 0 Å². The van der Waals surface area contributed by atoms with Crippen molar-refractivity contribution < 1.29 is 0 Å². The van der Waals surface area contributed by atoms with E-state index in [1.54, 1.807) is 0 Å². The number of rotatable bonds is 3. The van der Waals surface area contributed by atoms with Crippen molar-refractivity contribution in [1.82, 2.24) is 9.88 Å². The highest BCUT2D eigenvalue weighted by Gasteiger charge is 2.20. The van der Waals surface area contributed by atoms with Gasteiger partial charge in [0, 0.05) is 31.7 Å². The van der Waals surface area contributed by atoms with Crippen LogP contribution in [0.2, 0.25) is 5.02 Å². The molecule has 98 valence electrons. The van der Waals surface area contributed by atoms with E-state index in [0.29, 0.717) is 0 Å². The number of aromatic nitrogens is 1. The summed E-state index contributed by atoms with van der Waals surface area (Å²) < 4.78 is 0. The van der Waals surface area contributed by atoms with Crippen LogP contribution in [0.4, 0.5) is 5.69 Å². The van der Waals surface area contributed by atoms with Crippen LogP contribution in [-0.4, -0.2) is 16.9 Å². The van der Waals surface area contributed by atoms with Crippen molar-refractivity contribution >= 4 is 17.3 Å². The predicted octanol–water partition coefficient (Wildman–Crippen LogP) is 3.29. The number of halogens is 1. The molecule has 19 heavy (non-hydrogen) atoms. The number of fused-ring (bicyclic) bond motifs is 1. The van der Waals surface area contributed by atoms with Crippen LogP contribution < -0.4 is 5.32 Å². The average Bonchev–Trinajstić information content (AvgIpc) is 2.82. The first kappa shape index (κ1) is 12.5. The van der Waals surface area contributed by atoms with E-state index < -0.39 is 0 Å². The van der Waals surface area contributed by atoms with Crippen LogP contribution in [0.1, 0.15) is 16.8 Å². The van der Waals surface area contributed by atoms with E-state index in [9.17, 15) is 0 Å². The van der Waals surface area contributed by atoms with Gasteiger partial charge in [0.05, 0.1) is 17.6 Å². The molecule has 0 saturated carbocycles. The van der Waals surface area contributed by atoms with Crippen molar-refractivity contribution in [3.05, 3.63) is 58.4 Å². The molecule has 0 spiro atoms. The summed E-state index contributed by atoms with van der Waals surface area (Å²) in [5.74, 6) is 0. The molecule has 0 atom stereocenters. The third-order valence-corrected chi connectivity index (χ3v) is 3.69. The van der Waals surface area contributed by atoms with Crippen molar-refractivity contribution in [2.45, 2.75) is 19.6 Å². The molecule has 1 N–H and O–H groups in total. The first-order chi connectivity index (χ1) is 9.24. The number of anilines is 1.